The summed E-state index contributed by atoms with van der Waals surface area (Å²) < 4.78 is 27.4. The molecule has 0 aliphatic heterocycles. The van der Waals surface area contributed by atoms with E-state index < -0.39 is 10.0 Å². The van der Waals surface area contributed by atoms with E-state index in [2.05, 4.69) is 23.6 Å². The molecule has 1 saturated carbocycles. The van der Waals surface area contributed by atoms with Crippen LogP contribution in [-0.4, -0.2) is 19.4 Å². The first-order valence-electron chi connectivity index (χ1n) is 6.57. The van der Waals surface area contributed by atoms with Crippen LogP contribution in [-0.2, 0) is 10.0 Å². The summed E-state index contributed by atoms with van der Waals surface area (Å²) in [4.78, 5) is 3.89. The molecule has 1 heterocycles. The maximum absolute atomic E-state index is 12.3. The highest BCUT2D eigenvalue weighted by atomic mass is 35.5. The molecule has 19 heavy (non-hydrogen) atoms. The minimum absolute atomic E-state index is 0.00813. The normalized spacial score (nSPS) is 27.6. The van der Waals surface area contributed by atoms with Crippen molar-refractivity contribution in [1.29, 1.82) is 0 Å². The number of pyridine rings is 1. The van der Waals surface area contributed by atoms with Crippen LogP contribution in [0.5, 0.6) is 0 Å². The van der Waals surface area contributed by atoms with Crippen LogP contribution in [0.4, 0.5) is 0 Å². The van der Waals surface area contributed by atoms with Crippen LogP contribution in [0.1, 0.15) is 33.1 Å². The lowest BCUT2D eigenvalue weighted by Crippen LogP contribution is -2.37. The van der Waals surface area contributed by atoms with Gasteiger partial charge in [0.05, 0.1) is 5.02 Å². The van der Waals surface area contributed by atoms with Gasteiger partial charge in [0.2, 0.25) is 10.0 Å². The minimum atomic E-state index is -3.58. The molecule has 3 unspecified atom stereocenters. The van der Waals surface area contributed by atoms with Gasteiger partial charge in [0.15, 0.2) is 0 Å². The Kier molecular flexibility index (Phi) is 4.48. The van der Waals surface area contributed by atoms with E-state index in [1.54, 1.807) is 0 Å². The Hall–Kier alpha value is -0.650. The first-order valence-corrected chi connectivity index (χ1v) is 8.43. The molecule has 1 N–H and O–H groups in total. The van der Waals surface area contributed by atoms with Gasteiger partial charge in [-0.05, 0) is 30.7 Å². The minimum Gasteiger partial charge on any atom is -0.263 e. The Bertz CT molecular complexity index is 547. The molecule has 4 nitrogen and oxygen atoms in total. The topological polar surface area (TPSA) is 59.1 Å². The number of hydrogen-bond acceptors (Lipinski definition) is 3. The van der Waals surface area contributed by atoms with Crippen molar-refractivity contribution in [3.63, 3.8) is 0 Å². The second-order valence-corrected chi connectivity index (χ2v) is 7.23. The summed E-state index contributed by atoms with van der Waals surface area (Å²) >= 11 is 5.93. The summed E-state index contributed by atoms with van der Waals surface area (Å²) in [5.74, 6) is 0.951. The Morgan fingerprint density at radius 3 is 2.79 bits per heavy atom. The van der Waals surface area contributed by atoms with E-state index in [0.717, 1.165) is 19.3 Å². The molecular weight excluding hydrogens is 284 g/mol. The zero-order valence-corrected chi connectivity index (χ0v) is 12.7. The fourth-order valence-electron chi connectivity index (χ4n) is 2.81. The molecule has 1 aliphatic carbocycles. The number of sulfonamides is 1. The monoisotopic (exact) mass is 302 g/mol. The highest BCUT2D eigenvalue weighted by Gasteiger charge is 2.34. The number of nitrogens with zero attached hydrogens (tertiary/aromatic N) is 1. The van der Waals surface area contributed by atoms with Gasteiger partial charge in [0.25, 0.3) is 0 Å². The van der Waals surface area contributed by atoms with E-state index in [0.29, 0.717) is 11.8 Å². The van der Waals surface area contributed by atoms with Crippen molar-refractivity contribution in [3.8, 4) is 0 Å². The molecule has 0 bridgehead atoms. The maximum Gasteiger partial charge on any atom is 0.243 e. The Morgan fingerprint density at radius 2 is 2.21 bits per heavy atom. The van der Waals surface area contributed by atoms with Gasteiger partial charge in [-0.2, -0.15) is 0 Å². The van der Waals surface area contributed by atoms with Gasteiger partial charge in [-0.3, -0.25) is 4.98 Å². The second-order valence-electron chi connectivity index (χ2n) is 5.14. The number of nitrogens with one attached hydrogen (secondary N) is 1. The van der Waals surface area contributed by atoms with E-state index in [1.165, 1.54) is 18.5 Å². The van der Waals surface area contributed by atoms with Gasteiger partial charge in [-0.1, -0.05) is 31.9 Å². The largest absolute Gasteiger partial charge is 0.263 e. The van der Waals surface area contributed by atoms with Crippen LogP contribution in [0.3, 0.4) is 0 Å². The molecule has 0 saturated heterocycles. The number of halogens is 1. The van der Waals surface area contributed by atoms with Crippen LogP contribution in [0.2, 0.25) is 5.02 Å². The quantitative estimate of drug-likeness (QED) is 0.930. The summed E-state index contributed by atoms with van der Waals surface area (Å²) in [5.41, 5.74) is 0. The molecule has 2 rings (SSSR count). The number of aromatic nitrogens is 1. The average molecular weight is 303 g/mol. The third kappa shape index (κ3) is 3.09. The molecule has 1 aromatic rings. The second kappa shape index (κ2) is 5.77. The van der Waals surface area contributed by atoms with Crippen molar-refractivity contribution in [2.75, 3.05) is 0 Å². The maximum atomic E-state index is 12.3. The zero-order valence-electron chi connectivity index (χ0n) is 11.1. The number of hydrogen-bond donors (Lipinski definition) is 1. The van der Waals surface area contributed by atoms with Gasteiger partial charge >= 0.3 is 0 Å². The van der Waals surface area contributed by atoms with Crippen molar-refractivity contribution in [2.45, 2.75) is 44.0 Å². The van der Waals surface area contributed by atoms with Crippen LogP contribution in [0.15, 0.2) is 23.4 Å². The standard InChI is InChI=1S/C13H19ClN2O2S/c1-3-10-4-5-12(9(10)2)16-19(17,18)13-8-15-7-6-11(13)14/h6-10,12,16H,3-5H2,1-2H3. The van der Waals surface area contributed by atoms with Crippen molar-refractivity contribution in [1.82, 2.24) is 9.71 Å². The van der Waals surface area contributed by atoms with Crippen LogP contribution < -0.4 is 4.72 Å². The fourth-order valence-corrected chi connectivity index (χ4v) is 4.61. The lowest BCUT2D eigenvalue weighted by Gasteiger charge is -2.21. The molecule has 0 spiro atoms. The van der Waals surface area contributed by atoms with Crippen molar-refractivity contribution < 1.29 is 8.42 Å². The van der Waals surface area contributed by atoms with Crippen molar-refractivity contribution in [3.05, 3.63) is 23.5 Å². The Morgan fingerprint density at radius 1 is 1.47 bits per heavy atom. The molecule has 106 valence electrons. The summed E-state index contributed by atoms with van der Waals surface area (Å²) in [6, 6.07) is 1.48. The molecule has 0 aromatic carbocycles. The third-order valence-electron chi connectivity index (χ3n) is 4.08. The average Bonchev–Trinajstić information content (AvgIpc) is 2.70. The predicted octanol–water partition coefficient (Wildman–Crippen LogP) is 2.84. The predicted molar refractivity (Wildman–Crippen MR) is 75.5 cm³/mol. The lowest BCUT2D eigenvalue weighted by molar-refractivity contribution is 0.368. The summed E-state index contributed by atoms with van der Waals surface area (Å²) in [6.07, 6.45) is 5.82. The summed E-state index contributed by atoms with van der Waals surface area (Å²) in [5, 5.41) is 0.209. The van der Waals surface area contributed by atoms with Crippen LogP contribution in [0.25, 0.3) is 0 Å². The van der Waals surface area contributed by atoms with Crippen LogP contribution >= 0.6 is 11.6 Å². The summed E-state index contributed by atoms with van der Waals surface area (Å²) in [7, 11) is -3.58. The van der Waals surface area contributed by atoms with E-state index in [-0.39, 0.29) is 16.0 Å². The fraction of sp³-hybridized carbons (Fsp3) is 0.615. The SMILES string of the molecule is CCC1CCC(NS(=O)(=O)c2cnccc2Cl)C1C. The molecule has 3 atom stereocenters. The van der Waals surface area contributed by atoms with Crippen molar-refractivity contribution in [2.24, 2.45) is 11.8 Å². The van der Waals surface area contributed by atoms with Gasteiger partial charge in [0.1, 0.15) is 4.90 Å². The molecule has 6 heteroatoms. The molecule has 1 aromatic heterocycles. The zero-order chi connectivity index (χ0) is 14.0. The molecule has 1 aliphatic rings. The van der Waals surface area contributed by atoms with Gasteiger partial charge in [-0.15, -0.1) is 0 Å². The highest BCUT2D eigenvalue weighted by Crippen LogP contribution is 2.35. The lowest BCUT2D eigenvalue weighted by atomic mass is 9.94. The van der Waals surface area contributed by atoms with Gasteiger partial charge in [-0.25, -0.2) is 13.1 Å². The first-order chi connectivity index (χ1) is 8.95. The Balaban J connectivity index is 2.17. The summed E-state index contributed by atoms with van der Waals surface area (Å²) in [6.45, 7) is 4.26. The van der Waals surface area contributed by atoms with E-state index >= 15 is 0 Å². The van der Waals surface area contributed by atoms with Gasteiger partial charge in [0, 0.05) is 18.4 Å². The highest BCUT2D eigenvalue weighted by molar-refractivity contribution is 7.89. The number of rotatable bonds is 4. The molecular formula is C13H19ClN2O2S. The molecule has 0 radical (unpaired) electrons. The van der Waals surface area contributed by atoms with E-state index in [4.69, 9.17) is 11.6 Å². The van der Waals surface area contributed by atoms with Gasteiger partial charge < -0.3 is 0 Å². The molecule has 0 amide bonds. The van der Waals surface area contributed by atoms with E-state index in [1.807, 2.05) is 0 Å². The first kappa shape index (κ1) is 14.8. The molecule has 1 fully saturated rings. The van der Waals surface area contributed by atoms with E-state index in [9.17, 15) is 8.42 Å². The van der Waals surface area contributed by atoms with Crippen LogP contribution in [0, 0.1) is 11.8 Å². The van der Waals surface area contributed by atoms with Crippen molar-refractivity contribution >= 4 is 21.6 Å². The third-order valence-corrected chi connectivity index (χ3v) is 6.04. The smallest absolute Gasteiger partial charge is 0.243 e. The Labute approximate surface area is 119 Å².